The highest BCUT2D eigenvalue weighted by Gasteiger charge is 2.54. The minimum absolute atomic E-state index is 0.000715. The fourth-order valence-electron chi connectivity index (χ4n) is 5.72. The smallest absolute Gasteiger partial charge is 0.224 e. The van der Waals surface area contributed by atoms with Crippen molar-refractivity contribution in [2.75, 3.05) is 56.6 Å². The first-order valence-corrected chi connectivity index (χ1v) is 14.2. The molecule has 1 aromatic carbocycles. The van der Waals surface area contributed by atoms with Crippen LogP contribution in [0.15, 0.2) is 24.3 Å². The highest BCUT2D eigenvalue weighted by atomic mass is 32.1. The van der Waals surface area contributed by atoms with E-state index in [1.807, 2.05) is 39.0 Å². The van der Waals surface area contributed by atoms with E-state index in [4.69, 9.17) is 29.2 Å². The first-order valence-electron chi connectivity index (χ1n) is 13.4. The number of anilines is 2. The maximum absolute atomic E-state index is 10.1. The lowest BCUT2D eigenvalue weighted by Crippen LogP contribution is -2.39. The van der Waals surface area contributed by atoms with Crippen molar-refractivity contribution in [3.8, 4) is 10.6 Å². The van der Waals surface area contributed by atoms with Crippen LogP contribution in [0.3, 0.4) is 0 Å². The molecule has 2 aromatic heterocycles. The van der Waals surface area contributed by atoms with E-state index in [0.717, 1.165) is 78.1 Å². The second-order valence-corrected chi connectivity index (χ2v) is 11.7. The Morgan fingerprint density at radius 2 is 1.89 bits per heavy atom. The van der Waals surface area contributed by atoms with Crippen LogP contribution in [0.25, 0.3) is 20.8 Å². The summed E-state index contributed by atoms with van der Waals surface area (Å²) >= 11 is 1.64. The fraction of sp³-hybridized carbons (Fsp3) is 0.593. The number of aryl methyl sites for hydroxylation is 1. The second kappa shape index (κ2) is 10.6. The summed E-state index contributed by atoms with van der Waals surface area (Å²) in [5, 5.41) is 18.0. The molecule has 0 radical (unpaired) electrons. The average Bonchev–Trinajstić information content (AvgIpc) is 3.55. The van der Waals surface area contributed by atoms with Gasteiger partial charge in [0.15, 0.2) is 5.79 Å². The Morgan fingerprint density at radius 3 is 2.68 bits per heavy atom. The van der Waals surface area contributed by atoms with Crippen molar-refractivity contribution in [1.29, 1.82) is 0 Å². The zero-order valence-corrected chi connectivity index (χ0v) is 23.0. The van der Waals surface area contributed by atoms with Crippen molar-refractivity contribution in [3.05, 3.63) is 30.0 Å². The normalized spacial score (nSPS) is 27.1. The molecule has 6 rings (SSSR count). The van der Waals surface area contributed by atoms with Crippen LogP contribution in [0.5, 0.6) is 0 Å². The van der Waals surface area contributed by atoms with Gasteiger partial charge in [-0.15, -0.1) is 11.3 Å². The Labute approximate surface area is 226 Å². The Kier molecular flexibility index (Phi) is 7.23. The van der Waals surface area contributed by atoms with Gasteiger partial charge in [0, 0.05) is 38.7 Å². The summed E-state index contributed by atoms with van der Waals surface area (Å²) in [6.45, 7) is 11.0. The molecule has 38 heavy (non-hydrogen) atoms. The Hall–Kier alpha value is -2.41. The number of fused-ring (bicyclic) bond motifs is 2. The van der Waals surface area contributed by atoms with Crippen molar-refractivity contribution < 1.29 is 19.3 Å². The molecule has 2 aliphatic heterocycles. The summed E-state index contributed by atoms with van der Waals surface area (Å²) in [7, 11) is 0. The van der Waals surface area contributed by atoms with Crippen LogP contribution in [0, 0.1) is 12.8 Å². The molecule has 4 unspecified atom stereocenters. The van der Waals surface area contributed by atoms with E-state index in [9.17, 15) is 5.11 Å². The number of aliphatic hydroxyl groups is 1. The molecule has 1 saturated carbocycles. The summed E-state index contributed by atoms with van der Waals surface area (Å²) < 4.78 is 19.0. The number of nitrogens with one attached hydrogen (secondary N) is 2. The van der Waals surface area contributed by atoms with Crippen LogP contribution in [0.1, 0.15) is 26.0 Å². The van der Waals surface area contributed by atoms with Crippen LogP contribution >= 0.6 is 11.3 Å². The number of hydrogen-bond acceptors (Lipinski definition) is 11. The molecule has 3 aliphatic rings. The highest BCUT2D eigenvalue weighted by Crippen LogP contribution is 2.44. The van der Waals surface area contributed by atoms with Crippen LogP contribution in [-0.4, -0.2) is 95.0 Å². The molecule has 3 fully saturated rings. The molecule has 3 aromatic rings. The van der Waals surface area contributed by atoms with Crippen LogP contribution in [0.4, 0.5) is 11.8 Å². The molecule has 10 nitrogen and oxygen atoms in total. The van der Waals surface area contributed by atoms with E-state index >= 15 is 0 Å². The van der Waals surface area contributed by atoms with Gasteiger partial charge < -0.3 is 30.0 Å². The van der Waals surface area contributed by atoms with E-state index < -0.39 is 5.79 Å². The van der Waals surface area contributed by atoms with Crippen LogP contribution in [-0.2, 0) is 14.2 Å². The van der Waals surface area contributed by atoms with E-state index in [1.165, 1.54) is 0 Å². The zero-order chi connectivity index (χ0) is 26.3. The molecule has 0 spiro atoms. The standard InChI is InChI=1S/C27H36N6O4S/c1-16-21(25-31-18-6-4-5-7-20(18)38-25)24(32-26(29-16)28-8-9-33-10-12-35-13-11-33)30-19-14-17(15-34)22-23(19)37-27(2,3)36-22/h4-7,17,19,22-23,34H,8-15H2,1-3H3,(H2,28,29,30,32). The molecule has 4 atom stereocenters. The van der Waals surface area contributed by atoms with E-state index in [-0.39, 0.29) is 30.8 Å². The van der Waals surface area contributed by atoms with E-state index in [1.54, 1.807) is 11.3 Å². The number of thiazole rings is 1. The summed E-state index contributed by atoms with van der Waals surface area (Å²) in [4.78, 5) is 17.1. The summed E-state index contributed by atoms with van der Waals surface area (Å²) in [5.74, 6) is 0.618. The lowest BCUT2D eigenvalue weighted by atomic mass is 10.1. The number of benzene rings is 1. The van der Waals surface area contributed by atoms with Gasteiger partial charge in [-0.25, -0.2) is 9.97 Å². The predicted molar refractivity (Wildman–Crippen MR) is 148 cm³/mol. The van der Waals surface area contributed by atoms with Gasteiger partial charge in [-0.05, 0) is 39.3 Å². The summed E-state index contributed by atoms with van der Waals surface area (Å²) in [6.07, 6.45) is 0.384. The lowest BCUT2D eigenvalue weighted by molar-refractivity contribution is -0.158. The quantitative estimate of drug-likeness (QED) is 0.394. The van der Waals surface area contributed by atoms with E-state index in [2.05, 4.69) is 21.6 Å². The third kappa shape index (κ3) is 5.23. The van der Waals surface area contributed by atoms with Gasteiger partial charge in [-0.3, -0.25) is 4.90 Å². The monoisotopic (exact) mass is 540 g/mol. The first-order chi connectivity index (χ1) is 18.4. The maximum atomic E-state index is 10.1. The summed E-state index contributed by atoms with van der Waals surface area (Å²) in [6, 6.07) is 8.08. The fourth-order valence-corrected chi connectivity index (χ4v) is 6.79. The van der Waals surface area contributed by atoms with Crippen LogP contribution in [0.2, 0.25) is 0 Å². The average molecular weight is 541 g/mol. The van der Waals surface area contributed by atoms with Gasteiger partial charge in [0.1, 0.15) is 16.9 Å². The molecular weight excluding hydrogens is 504 g/mol. The lowest BCUT2D eigenvalue weighted by Gasteiger charge is -2.26. The number of ether oxygens (including phenoxy) is 3. The van der Waals surface area contributed by atoms with Crippen molar-refractivity contribution in [2.24, 2.45) is 5.92 Å². The van der Waals surface area contributed by atoms with Crippen molar-refractivity contribution in [2.45, 2.75) is 51.2 Å². The first kappa shape index (κ1) is 25.8. The van der Waals surface area contributed by atoms with Crippen LogP contribution < -0.4 is 10.6 Å². The number of para-hydroxylation sites is 1. The molecule has 1 aliphatic carbocycles. The van der Waals surface area contributed by atoms with Gasteiger partial charge >= 0.3 is 0 Å². The van der Waals surface area contributed by atoms with Crippen molar-refractivity contribution in [1.82, 2.24) is 19.9 Å². The topological polar surface area (TPSA) is 114 Å². The number of nitrogens with zero attached hydrogens (tertiary/aromatic N) is 4. The van der Waals surface area contributed by atoms with Gasteiger partial charge in [0.05, 0.1) is 46.8 Å². The number of morpholine rings is 1. The molecule has 0 amide bonds. The Bertz CT molecular complexity index is 1250. The molecule has 2 saturated heterocycles. The number of rotatable bonds is 8. The van der Waals surface area contributed by atoms with Gasteiger partial charge in [-0.1, -0.05) is 12.1 Å². The largest absolute Gasteiger partial charge is 0.396 e. The minimum Gasteiger partial charge on any atom is -0.396 e. The zero-order valence-electron chi connectivity index (χ0n) is 22.1. The highest BCUT2D eigenvalue weighted by molar-refractivity contribution is 7.21. The second-order valence-electron chi connectivity index (χ2n) is 10.7. The Balaban J connectivity index is 1.30. The number of hydrogen-bond donors (Lipinski definition) is 3. The Morgan fingerprint density at radius 1 is 1.11 bits per heavy atom. The maximum Gasteiger partial charge on any atom is 0.224 e. The molecule has 204 valence electrons. The molecule has 0 bridgehead atoms. The van der Waals surface area contributed by atoms with Gasteiger partial charge in [-0.2, -0.15) is 4.98 Å². The molecule has 4 heterocycles. The SMILES string of the molecule is Cc1nc(NCCN2CCOCC2)nc(NC2CC(CO)C3OC(C)(C)OC23)c1-c1nc2ccccc2s1. The number of aromatic nitrogens is 3. The summed E-state index contributed by atoms with van der Waals surface area (Å²) in [5.41, 5.74) is 2.71. The molecule has 3 N–H and O–H groups in total. The van der Waals surface area contributed by atoms with Gasteiger partial charge in [0.25, 0.3) is 0 Å². The third-order valence-corrected chi connectivity index (χ3v) is 8.60. The number of aliphatic hydroxyl groups excluding tert-OH is 1. The van der Waals surface area contributed by atoms with Gasteiger partial charge in [0.2, 0.25) is 5.95 Å². The third-order valence-electron chi connectivity index (χ3n) is 7.55. The molecular formula is C27H36N6O4S. The molecule has 11 heteroatoms. The van der Waals surface area contributed by atoms with Crippen molar-refractivity contribution >= 4 is 33.3 Å². The predicted octanol–water partition coefficient (Wildman–Crippen LogP) is 3.12. The minimum atomic E-state index is -0.688. The van der Waals surface area contributed by atoms with E-state index in [0.29, 0.717) is 5.95 Å². The van der Waals surface area contributed by atoms with Crippen molar-refractivity contribution in [3.63, 3.8) is 0 Å².